The number of nitrogens with one attached hydrogen (secondary N) is 2. The van der Waals surface area contributed by atoms with Gasteiger partial charge in [-0.15, -0.1) is 0 Å². The third-order valence-corrected chi connectivity index (χ3v) is 5.95. The molecule has 1 atom stereocenters. The molecule has 4 rings (SSSR count). The largest absolute Gasteiger partial charge is 0.497 e. The first kappa shape index (κ1) is 22.5. The van der Waals surface area contributed by atoms with Crippen molar-refractivity contribution in [3.63, 3.8) is 0 Å². The Morgan fingerprint density at radius 2 is 1.88 bits per heavy atom. The Morgan fingerprint density at radius 3 is 2.58 bits per heavy atom. The molecule has 2 aliphatic rings. The molecule has 2 N–H and O–H groups in total. The van der Waals surface area contributed by atoms with Gasteiger partial charge in [-0.25, -0.2) is 8.78 Å². The van der Waals surface area contributed by atoms with E-state index in [4.69, 9.17) is 9.47 Å². The highest BCUT2D eigenvalue weighted by Crippen LogP contribution is 2.46. The van der Waals surface area contributed by atoms with Gasteiger partial charge in [0.05, 0.1) is 25.8 Å². The number of ketones is 1. The molecular formula is C25H24F2N2O4. The van der Waals surface area contributed by atoms with Crippen LogP contribution in [0.4, 0.5) is 14.5 Å². The summed E-state index contributed by atoms with van der Waals surface area (Å²) in [5.74, 6) is -2.00. The van der Waals surface area contributed by atoms with Crippen LogP contribution >= 0.6 is 0 Å². The molecule has 172 valence electrons. The van der Waals surface area contributed by atoms with Crippen LogP contribution in [0.1, 0.15) is 37.7 Å². The van der Waals surface area contributed by atoms with Crippen molar-refractivity contribution in [1.29, 1.82) is 0 Å². The lowest BCUT2D eigenvalue weighted by Crippen LogP contribution is -2.35. The summed E-state index contributed by atoms with van der Waals surface area (Å²) < 4.78 is 38.4. The molecule has 33 heavy (non-hydrogen) atoms. The fourth-order valence-corrected chi connectivity index (χ4v) is 4.43. The molecule has 0 fully saturated rings. The van der Waals surface area contributed by atoms with Crippen LogP contribution in [-0.2, 0) is 9.59 Å². The molecule has 1 aliphatic carbocycles. The van der Waals surface area contributed by atoms with Gasteiger partial charge in [-0.1, -0.05) is 6.07 Å². The average molecular weight is 454 g/mol. The summed E-state index contributed by atoms with van der Waals surface area (Å²) in [7, 11) is 3.03. The summed E-state index contributed by atoms with van der Waals surface area (Å²) in [5, 5.41) is 5.74. The Bertz CT molecular complexity index is 1200. The molecule has 0 saturated heterocycles. The molecule has 0 radical (unpaired) electrons. The minimum absolute atomic E-state index is 0.0580. The van der Waals surface area contributed by atoms with E-state index >= 15 is 0 Å². The van der Waals surface area contributed by atoms with Gasteiger partial charge in [-0.05, 0) is 38.0 Å². The number of hydrogen-bond acceptors (Lipinski definition) is 5. The zero-order chi connectivity index (χ0) is 23.7. The number of anilines is 1. The zero-order valence-corrected chi connectivity index (χ0v) is 18.6. The Morgan fingerprint density at radius 1 is 1.09 bits per heavy atom. The monoisotopic (exact) mass is 454 g/mol. The molecule has 1 heterocycles. The van der Waals surface area contributed by atoms with E-state index in [9.17, 15) is 18.4 Å². The second-order valence-electron chi connectivity index (χ2n) is 7.95. The molecule has 0 aromatic heterocycles. The quantitative estimate of drug-likeness (QED) is 0.691. The SMILES string of the molecule is COc1ccc(C2C(C(=O)Nc3ccc(F)cc3F)=C(C)NC3=C2C(=O)CCC3)c(OC)c1. The van der Waals surface area contributed by atoms with Gasteiger partial charge in [0.1, 0.15) is 23.1 Å². The molecule has 0 saturated carbocycles. The number of benzene rings is 2. The van der Waals surface area contributed by atoms with E-state index in [0.29, 0.717) is 53.7 Å². The van der Waals surface area contributed by atoms with Gasteiger partial charge in [0, 0.05) is 46.7 Å². The van der Waals surface area contributed by atoms with Crippen molar-refractivity contribution in [1.82, 2.24) is 5.32 Å². The van der Waals surface area contributed by atoms with E-state index in [1.807, 2.05) is 0 Å². The first-order valence-electron chi connectivity index (χ1n) is 10.6. The maximum atomic E-state index is 14.2. The second-order valence-corrected chi connectivity index (χ2v) is 7.95. The fourth-order valence-electron chi connectivity index (χ4n) is 4.43. The summed E-state index contributed by atoms with van der Waals surface area (Å²) in [5.41, 5.74) is 2.54. The first-order chi connectivity index (χ1) is 15.8. The van der Waals surface area contributed by atoms with E-state index in [0.717, 1.165) is 17.8 Å². The Labute approximate surface area is 190 Å². The van der Waals surface area contributed by atoms with Gasteiger partial charge in [-0.3, -0.25) is 9.59 Å². The van der Waals surface area contributed by atoms with Crippen molar-refractivity contribution in [3.8, 4) is 11.5 Å². The number of halogens is 2. The van der Waals surface area contributed by atoms with Crippen LogP contribution in [0.15, 0.2) is 58.9 Å². The third-order valence-electron chi connectivity index (χ3n) is 5.95. The second kappa shape index (κ2) is 9.05. The number of ether oxygens (including phenoxy) is 2. The minimum Gasteiger partial charge on any atom is -0.497 e. The molecule has 1 unspecified atom stereocenters. The van der Waals surface area contributed by atoms with Crippen molar-refractivity contribution < 1.29 is 27.8 Å². The van der Waals surface area contributed by atoms with Crippen LogP contribution in [-0.4, -0.2) is 25.9 Å². The maximum absolute atomic E-state index is 14.2. The average Bonchev–Trinajstić information content (AvgIpc) is 2.79. The van der Waals surface area contributed by atoms with Crippen LogP contribution in [0.3, 0.4) is 0 Å². The predicted molar refractivity (Wildman–Crippen MR) is 119 cm³/mol. The van der Waals surface area contributed by atoms with Crippen LogP contribution in [0, 0.1) is 11.6 Å². The van der Waals surface area contributed by atoms with Gasteiger partial charge in [0.2, 0.25) is 0 Å². The minimum atomic E-state index is -0.891. The lowest BCUT2D eigenvalue weighted by Gasteiger charge is -2.35. The lowest BCUT2D eigenvalue weighted by atomic mass is 9.74. The number of allylic oxidation sites excluding steroid dienone is 3. The van der Waals surface area contributed by atoms with E-state index in [2.05, 4.69) is 10.6 Å². The van der Waals surface area contributed by atoms with Crippen molar-refractivity contribution >= 4 is 17.4 Å². The number of amides is 1. The molecular weight excluding hydrogens is 430 g/mol. The van der Waals surface area contributed by atoms with Crippen LogP contribution in [0.25, 0.3) is 0 Å². The zero-order valence-electron chi connectivity index (χ0n) is 18.6. The van der Waals surface area contributed by atoms with Gasteiger partial charge in [0.15, 0.2) is 5.78 Å². The highest BCUT2D eigenvalue weighted by Gasteiger charge is 2.40. The van der Waals surface area contributed by atoms with E-state index in [1.54, 1.807) is 25.1 Å². The summed E-state index contributed by atoms with van der Waals surface area (Å²) in [6.45, 7) is 1.74. The van der Waals surface area contributed by atoms with E-state index < -0.39 is 23.5 Å². The first-order valence-corrected chi connectivity index (χ1v) is 10.6. The lowest BCUT2D eigenvalue weighted by molar-refractivity contribution is -0.116. The molecule has 2 aromatic rings. The molecule has 6 nitrogen and oxygen atoms in total. The van der Waals surface area contributed by atoms with E-state index in [1.165, 1.54) is 14.2 Å². The summed E-state index contributed by atoms with van der Waals surface area (Å²) in [6.07, 6.45) is 1.76. The number of rotatable bonds is 5. The van der Waals surface area contributed by atoms with Crippen LogP contribution < -0.4 is 20.1 Å². The highest BCUT2D eigenvalue weighted by atomic mass is 19.1. The number of carbonyl (C=O) groups excluding carboxylic acids is 2. The van der Waals surface area contributed by atoms with Crippen molar-refractivity contribution in [2.24, 2.45) is 0 Å². The smallest absolute Gasteiger partial charge is 0.254 e. The molecule has 1 amide bonds. The van der Waals surface area contributed by atoms with Crippen molar-refractivity contribution in [2.75, 3.05) is 19.5 Å². The van der Waals surface area contributed by atoms with Crippen molar-refractivity contribution in [2.45, 2.75) is 32.1 Å². The van der Waals surface area contributed by atoms with Gasteiger partial charge < -0.3 is 20.1 Å². The number of Topliss-reactive ketones (excluding diaryl/α,β-unsaturated/α-hetero) is 1. The van der Waals surface area contributed by atoms with Gasteiger partial charge in [-0.2, -0.15) is 0 Å². The van der Waals surface area contributed by atoms with Crippen LogP contribution in [0.2, 0.25) is 0 Å². The fraction of sp³-hybridized carbons (Fsp3) is 0.280. The molecule has 8 heteroatoms. The summed E-state index contributed by atoms with van der Waals surface area (Å²) in [6, 6.07) is 8.11. The van der Waals surface area contributed by atoms with E-state index in [-0.39, 0.29) is 17.0 Å². The highest BCUT2D eigenvalue weighted by molar-refractivity contribution is 6.10. The predicted octanol–water partition coefficient (Wildman–Crippen LogP) is 4.59. The van der Waals surface area contributed by atoms with Crippen molar-refractivity contribution in [3.05, 3.63) is 76.1 Å². The Hall–Kier alpha value is -3.68. The standard InChI is InChI=1S/C25H24F2N2O4/c1-13-22(25(31)29-18-10-7-14(26)11-17(18)27)23(24-19(28-13)5-4-6-20(24)30)16-9-8-15(32-2)12-21(16)33-3/h7-12,23,28H,4-6H2,1-3H3,(H,29,31). The molecule has 0 bridgehead atoms. The number of methoxy groups -OCH3 is 2. The number of hydrogen-bond donors (Lipinski definition) is 2. The summed E-state index contributed by atoms with van der Waals surface area (Å²) >= 11 is 0. The molecule has 0 spiro atoms. The van der Waals surface area contributed by atoms with Gasteiger partial charge in [0.25, 0.3) is 5.91 Å². The Balaban J connectivity index is 1.84. The molecule has 2 aromatic carbocycles. The number of carbonyl (C=O) groups is 2. The number of dihydropyridines is 1. The molecule has 1 aliphatic heterocycles. The van der Waals surface area contributed by atoms with Crippen LogP contribution in [0.5, 0.6) is 11.5 Å². The maximum Gasteiger partial charge on any atom is 0.254 e. The Kier molecular flexibility index (Phi) is 6.18. The third kappa shape index (κ3) is 4.20. The topological polar surface area (TPSA) is 76.7 Å². The van der Waals surface area contributed by atoms with Gasteiger partial charge >= 0.3 is 0 Å². The summed E-state index contributed by atoms with van der Waals surface area (Å²) in [4.78, 5) is 26.5. The normalized spacial score (nSPS) is 18.0.